The second-order valence-electron chi connectivity index (χ2n) is 7.50. The van der Waals surface area contributed by atoms with Gasteiger partial charge < -0.3 is 0 Å². The second kappa shape index (κ2) is 6.20. The minimum atomic E-state index is -2.48. The van der Waals surface area contributed by atoms with Gasteiger partial charge in [0.1, 0.15) is 12.9 Å². The number of aromatic nitrogens is 1. The van der Waals surface area contributed by atoms with Crippen molar-refractivity contribution in [3.05, 3.63) is 46.9 Å². The molecule has 124 valence electrons. The third-order valence-corrected chi connectivity index (χ3v) is 6.19. The standard InChI is InChI=1S/C20H29FNSi/c1-13(2)16-10-19(23(6,7)8)20(22(5)12-16)17-11-18(21)15(4)9-14(17)3/h9-13H,1-8H3/q+1/i4D3,13D. The monoisotopic (exact) mass is 334 g/mol. The molecule has 0 aliphatic carbocycles. The quantitative estimate of drug-likeness (QED) is 0.570. The lowest BCUT2D eigenvalue weighted by Crippen LogP contribution is -2.48. The van der Waals surface area contributed by atoms with Crippen LogP contribution in [0.5, 0.6) is 0 Å². The van der Waals surface area contributed by atoms with E-state index in [9.17, 15) is 4.39 Å². The maximum absolute atomic E-state index is 14.7. The normalized spacial score (nSPS) is 15.7. The fourth-order valence-corrected chi connectivity index (χ4v) is 4.45. The zero-order valence-corrected chi connectivity index (χ0v) is 16.1. The molecular formula is C20H29FNSi+. The third-order valence-electron chi connectivity index (χ3n) is 4.19. The van der Waals surface area contributed by atoms with Crippen LogP contribution in [-0.4, -0.2) is 8.07 Å². The Morgan fingerprint density at radius 1 is 1.17 bits per heavy atom. The molecule has 0 atom stereocenters. The molecule has 0 saturated carbocycles. The van der Waals surface area contributed by atoms with Gasteiger partial charge in [-0.3, -0.25) is 0 Å². The van der Waals surface area contributed by atoms with Gasteiger partial charge >= 0.3 is 0 Å². The highest BCUT2D eigenvalue weighted by Gasteiger charge is 2.29. The fourth-order valence-electron chi connectivity index (χ4n) is 2.84. The molecule has 0 spiro atoms. The molecule has 1 heterocycles. The molecule has 0 amide bonds. The van der Waals surface area contributed by atoms with Crippen molar-refractivity contribution in [3.63, 3.8) is 0 Å². The molecule has 0 bridgehead atoms. The van der Waals surface area contributed by atoms with Crippen LogP contribution in [0.4, 0.5) is 4.39 Å². The molecule has 0 N–H and O–H groups in total. The van der Waals surface area contributed by atoms with Crippen molar-refractivity contribution in [3.8, 4) is 11.3 Å². The predicted octanol–water partition coefficient (Wildman–Crippen LogP) is 4.60. The Kier molecular flexibility index (Phi) is 3.47. The maximum atomic E-state index is 14.7. The van der Waals surface area contributed by atoms with E-state index in [0.717, 1.165) is 22.0 Å². The van der Waals surface area contributed by atoms with E-state index < -0.39 is 26.6 Å². The van der Waals surface area contributed by atoms with E-state index in [1.807, 2.05) is 38.6 Å². The lowest BCUT2D eigenvalue weighted by Gasteiger charge is -2.21. The number of benzene rings is 1. The summed E-state index contributed by atoms with van der Waals surface area (Å²) in [6, 6.07) is 4.86. The largest absolute Gasteiger partial charge is 0.211 e. The summed E-state index contributed by atoms with van der Waals surface area (Å²) in [6.07, 6.45) is 1.92. The summed E-state index contributed by atoms with van der Waals surface area (Å²) in [4.78, 5) is 0. The first-order chi connectivity index (χ1) is 12.0. The van der Waals surface area contributed by atoms with Gasteiger partial charge in [-0.15, -0.1) is 0 Å². The van der Waals surface area contributed by atoms with Crippen molar-refractivity contribution in [2.45, 2.75) is 53.2 Å². The van der Waals surface area contributed by atoms with Gasteiger partial charge in [-0.1, -0.05) is 39.6 Å². The molecule has 23 heavy (non-hydrogen) atoms. The summed E-state index contributed by atoms with van der Waals surface area (Å²) in [5.41, 5.74) is 2.99. The van der Waals surface area contributed by atoms with Crippen LogP contribution in [0.25, 0.3) is 11.3 Å². The van der Waals surface area contributed by atoms with E-state index in [1.54, 1.807) is 0 Å². The van der Waals surface area contributed by atoms with E-state index in [0.29, 0.717) is 5.56 Å². The average molecular weight is 335 g/mol. The number of hydrogen-bond acceptors (Lipinski definition) is 0. The van der Waals surface area contributed by atoms with Crippen LogP contribution in [0.2, 0.25) is 19.6 Å². The summed E-state index contributed by atoms with van der Waals surface area (Å²) >= 11 is 0. The van der Waals surface area contributed by atoms with E-state index in [4.69, 9.17) is 5.48 Å². The first kappa shape index (κ1) is 12.9. The lowest BCUT2D eigenvalue weighted by molar-refractivity contribution is -0.660. The molecule has 1 nitrogen and oxygen atoms in total. The van der Waals surface area contributed by atoms with Gasteiger partial charge in [-0.25, -0.2) is 8.96 Å². The van der Waals surface area contributed by atoms with Crippen LogP contribution in [0.15, 0.2) is 24.4 Å². The van der Waals surface area contributed by atoms with Crippen LogP contribution in [0.1, 0.15) is 41.9 Å². The van der Waals surface area contributed by atoms with Crippen LogP contribution >= 0.6 is 0 Å². The number of halogens is 1. The zero-order chi connectivity index (χ0) is 20.9. The maximum Gasteiger partial charge on any atom is 0.211 e. The minimum absolute atomic E-state index is 0.245. The predicted molar refractivity (Wildman–Crippen MR) is 99.6 cm³/mol. The molecular weight excluding hydrogens is 301 g/mol. The number of nitrogens with zero attached hydrogens (tertiary/aromatic N) is 1. The summed E-state index contributed by atoms with van der Waals surface area (Å²) in [6.45, 7) is 9.70. The Balaban J connectivity index is 2.85. The molecule has 0 saturated heterocycles. The van der Waals surface area contributed by atoms with E-state index in [-0.39, 0.29) is 5.56 Å². The number of aryl methyl sites for hydroxylation is 3. The Bertz CT molecular complexity index is 878. The Labute approximate surface area is 146 Å². The molecule has 1 aromatic carbocycles. The SMILES string of the molecule is [2H]C([2H])([2H])c1cc(C)c(-c2c([Si](C)(C)C)cc(C([2H])(C)C)c[n+]2C)cc1F. The first-order valence-electron chi connectivity index (χ1n) is 9.89. The highest BCUT2D eigenvalue weighted by molar-refractivity contribution is 6.89. The highest BCUT2D eigenvalue weighted by atomic mass is 28.3. The third kappa shape index (κ3) is 3.55. The van der Waals surface area contributed by atoms with Gasteiger partial charge in [-0.05, 0) is 42.9 Å². The van der Waals surface area contributed by atoms with Crippen LogP contribution in [0, 0.1) is 19.6 Å². The Morgan fingerprint density at radius 2 is 1.83 bits per heavy atom. The Morgan fingerprint density at radius 3 is 2.35 bits per heavy atom. The second-order valence-corrected chi connectivity index (χ2v) is 12.5. The fraction of sp³-hybridized carbons (Fsp3) is 0.450. The number of hydrogen-bond donors (Lipinski definition) is 0. The van der Waals surface area contributed by atoms with Crippen molar-refractivity contribution in [1.29, 1.82) is 0 Å². The molecule has 0 aliphatic rings. The van der Waals surface area contributed by atoms with Crippen molar-refractivity contribution >= 4 is 13.3 Å². The molecule has 0 aliphatic heterocycles. The molecule has 2 rings (SSSR count). The van der Waals surface area contributed by atoms with Gasteiger partial charge in [0.05, 0.1) is 13.6 Å². The first-order valence-corrected chi connectivity index (χ1v) is 11.4. The molecule has 0 unspecified atom stereocenters. The lowest BCUT2D eigenvalue weighted by atomic mass is 9.99. The van der Waals surface area contributed by atoms with Crippen molar-refractivity contribution in [2.75, 3.05) is 0 Å². The van der Waals surface area contributed by atoms with E-state index in [2.05, 4.69) is 25.7 Å². The summed E-state index contributed by atoms with van der Waals surface area (Å²) < 4.78 is 47.6. The van der Waals surface area contributed by atoms with Gasteiger partial charge in [0.2, 0.25) is 5.69 Å². The van der Waals surface area contributed by atoms with Crippen molar-refractivity contribution < 1.29 is 14.4 Å². The minimum Gasteiger partial charge on any atom is -0.207 e. The molecule has 2 aromatic rings. The van der Waals surface area contributed by atoms with Gasteiger partial charge in [0.25, 0.3) is 0 Å². The van der Waals surface area contributed by atoms with Gasteiger partial charge in [0.15, 0.2) is 6.20 Å². The van der Waals surface area contributed by atoms with Crippen LogP contribution < -0.4 is 9.75 Å². The summed E-state index contributed by atoms with van der Waals surface area (Å²) in [5, 5.41) is 1.13. The average Bonchev–Trinajstić information content (AvgIpc) is 2.45. The van der Waals surface area contributed by atoms with Crippen LogP contribution in [-0.2, 0) is 7.05 Å². The van der Waals surface area contributed by atoms with E-state index >= 15 is 0 Å². The molecule has 0 fully saturated rings. The number of rotatable bonds is 3. The Hall–Kier alpha value is -1.48. The zero-order valence-electron chi connectivity index (χ0n) is 19.1. The molecule has 3 heteroatoms. The molecule has 0 radical (unpaired) electrons. The van der Waals surface area contributed by atoms with Crippen molar-refractivity contribution in [1.82, 2.24) is 0 Å². The summed E-state index contributed by atoms with van der Waals surface area (Å²) in [5.74, 6) is -1.45. The summed E-state index contributed by atoms with van der Waals surface area (Å²) in [7, 11) is 0.0755. The van der Waals surface area contributed by atoms with Gasteiger partial charge in [-0.2, -0.15) is 0 Å². The highest BCUT2D eigenvalue weighted by Crippen LogP contribution is 2.25. The topological polar surface area (TPSA) is 3.88 Å². The van der Waals surface area contributed by atoms with Gasteiger partial charge in [0, 0.05) is 16.2 Å². The van der Waals surface area contributed by atoms with Crippen molar-refractivity contribution in [2.24, 2.45) is 7.05 Å². The number of pyridine rings is 1. The molecule has 1 aromatic heterocycles. The van der Waals surface area contributed by atoms with Crippen LogP contribution in [0.3, 0.4) is 0 Å². The van der Waals surface area contributed by atoms with E-state index in [1.165, 1.54) is 12.1 Å². The smallest absolute Gasteiger partial charge is 0.207 e.